The van der Waals surface area contributed by atoms with Gasteiger partial charge in [0, 0.05) is 29.4 Å². The molecule has 1 aromatic carbocycles. The Bertz CT molecular complexity index is 1010. The molecule has 2 aromatic heterocycles. The standard InChI is InChI=1S/C19H18N4O3/c1-12-10-13(2)21-19(24)15(12)11-20-17-9-8-16(23(25)26)18(22-17)14-6-4-3-5-7-14/h3-10H,11H2,1-2H3,(H,20,22)(H,21,24). The first-order chi connectivity index (χ1) is 12.5. The number of nitrogens with zero attached hydrogens (tertiary/aromatic N) is 2. The molecule has 3 rings (SSSR count). The second kappa shape index (κ2) is 7.18. The van der Waals surface area contributed by atoms with Gasteiger partial charge in [0.1, 0.15) is 5.82 Å². The largest absolute Gasteiger partial charge is 0.366 e. The van der Waals surface area contributed by atoms with Crippen molar-refractivity contribution in [1.82, 2.24) is 9.97 Å². The van der Waals surface area contributed by atoms with Crippen LogP contribution in [0.15, 0.2) is 53.3 Å². The molecule has 0 bridgehead atoms. The van der Waals surface area contributed by atoms with Crippen LogP contribution in [0.4, 0.5) is 11.5 Å². The summed E-state index contributed by atoms with van der Waals surface area (Å²) in [5.74, 6) is 0.467. The van der Waals surface area contributed by atoms with Crippen molar-refractivity contribution < 1.29 is 4.92 Å². The van der Waals surface area contributed by atoms with Gasteiger partial charge in [0.25, 0.3) is 11.2 Å². The van der Waals surface area contributed by atoms with Crippen LogP contribution in [0.1, 0.15) is 16.8 Å². The zero-order valence-corrected chi connectivity index (χ0v) is 14.4. The quantitative estimate of drug-likeness (QED) is 0.541. The van der Waals surface area contributed by atoms with E-state index < -0.39 is 4.92 Å². The minimum Gasteiger partial charge on any atom is -0.366 e. The van der Waals surface area contributed by atoms with E-state index in [0.29, 0.717) is 16.9 Å². The summed E-state index contributed by atoms with van der Waals surface area (Å²) < 4.78 is 0. The van der Waals surface area contributed by atoms with Gasteiger partial charge in [-0.3, -0.25) is 14.9 Å². The highest BCUT2D eigenvalue weighted by Crippen LogP contribution is 2.29. The Morgan fingerprint density at radius 3 is 2.54 bits per heavy atom. The van der Waals surface area contributed by atoms with E-state index in [9.17, 15) is 14.9 Å². The molecule has 2 heterocycles. The number of hydrogen-bond donors (Lipinski definition) is 2. The number of anilines is 1. The Labute approximate surface area is 149 Å². The molecule has 0 saturated heterocycles. The van der Waals surface area contributed by atoms with E-state index in [-0.39, 0.29) is 23.5 Å². The Balaban J connectivity index is 1.93. The zero-order chi connectivity index (χ0) is 18.7. The van der Waals surface area contributed by atoms with Gasteiger partial charge in [-0.05, 0) is 31.5 Å². The molecule has 0 fully saturated rings. The lowest BCUT2D eigenvalue weighted by Crippen LogP contribution is -2.18. The van der Waals surface area contributed by atoms with Crippen molar-refractivity contribution in [2.45, 2.75) is 20.4 Å². The number of aryl methyl sites for hydroxylation is 2. The molecule has 0 aliphatic carbocycles. The highest BCUT2D eigenvalue weighted by Gasteiger charge is 2.17. The van der Waals surface area contributed by atoms with Crippen LogP contribution in [0.25, 0.3) is 11.3 Å². The van der Waals surface area contributed by atoms with Crippen LogP contribution in [-0.2, 0) is 6.54 Å². The highest BCUT2D eigenvalue weighted by atomic mass is 16.6. The summed E-state index contributed by atoms with van der Waals surface area (Å²) in [6.45, 7) is 3.98. The molecule has 7 heteroatoms. The van der Waals surface area contributed by atoms with Crippen molar-refractivity contribution in [3.05, 3.63) is 85.8 Å². The van der Waals surface area contributed by atoms with E-state index >= 15 is 0 Å². The van der Waals surface area contributed by atoms with Gasteiger partial charge < -0.3 is 10.3 Å². The molecule has 0 aliphatic rings. The van der Waals surface area contributed by atoms with Gasteiger partial charge in [0.2, 0.25) is 0 Å². The average Bonchev–Trinajstić information content (AvgIpc) is 2.61. The van der Waals surface area contributed by atoms with Gasteiger partial charge in [-0.15, -0.1) is 0 Å². The fraction of sp³-hybridized carbons (Fsp3) is 0.158. The average molecular weight is 350 g/mol. The maximum atomic E-state index is 12.1. The fourth-order valence-corrected chi connectivity index (χ4v) is 2.79. The molecule has 3 aromatic rings. The number of nitrogens with one attached hydrogen (secondary N) is 2. The van der Waals surface area contributed by atoms with Crippen LogP contribution < -0.4 is 10.9 Å². The maximum Gasteiger partial charge on any atom is 0.295 e. The van der Waals surface area contributed by atoms with Gasteiger partial charge in [0.05, 0.1) is 4.92 Å². The molecular formula is C19H18N4O3. The Morgan fingerprint density at radius 2 is 1.88 bits per heavy atom. The lowest BCUT2D eigenvalue weighted by molar-refractivity contribution is -0.384. The van der Waals surface area contributed by atoms with Crippen molar-refractivity contribution in [3.63, 3.8) is 0 Å². The molecule has 0 radical (unpaired) electrons. The van der Waals surface area contributed by atoms with Crippen molar-refractivity contribution in [3.8, 4) is 11.3 Å². The molecule has 132 valence electrons. The summed E-state index contributed by atoms with van der Waals surface area (Å²) in [5.41, 5.74) is 3.02. The monoisotopic (exact) mass is 350 g/mol. The number of pyridine rings is 2. The Kier molecular flexibility index (Phi) is 4.79. The molecule has 2 N–H and O–H groups in total. The van der Waals surface area contributed by atoms with E-state index in [1.165, 1.54) is 6.07 Å². The second-order valence-electron chi connectivity index (χ2n) is 5.98. The minimum atomic E-state index is -0.450. The molecule has 26 heavy (non-hydrogen) atoms. The summed E-state index contributed by atoms with van der Waals surface area (Å²) in [6.07, 6.45) is 0. The van der Waals surface area contributed by atoms with Crippen molar-refractivity contribution in [1.29, 1.82) is 0 Å². The SMILES string of the molecule is Cc1cc(C)c(CNc2ccc([N+](=O)[O-])c(-c3ccccc3)n2)c(=O)[nH]1. The summed E-state index contributed by atoms with van der Waals surface area (Å²) in [5, 5.41) is 14.4. The third kappa shape index (κ3) is 3.61. The smallest absolute Gasteiger partial charge is 0.295 e. The number of benzene rings is 1. The van der Waals surface area contributed by atoms with Crippen molar-refractivity contribution in [2.75, 3.05) is 5.32 Å². The Morgan fingerprint density at radius 1 is 1.15 bits per heavy atom. The van der Waals surface area contributed by atoms with Gasteiger partial charge in [-0.25, -0.2) is 4.98 Å². The molecule has 0 spiro atoms. The van der Waals surface area contributed by atoms with E-state index in [1.54, 1.807) is 30.3 Å². The van der Waals surface area contributed by atoms with Crippen LogP contribution >= 0.6 is 0 Å². The number of aromatic nitrogens is 2. The third-order valence-electron chi connectivity index (χ3n) is 4.06. The topological polar surface area (TPSA) is 101 Å². The molecule has 0 aliphatic heterocycles. The highest BCUT2D eigenvalue weighted by molar-refractivity contribution is 5.71. The van der Waals surface area contributed by atoms with E-state index in [2.05, 4.69) is 15.3 Å². The van der Waals surface area contributed by atoms with Crippen LogP contribution in [0, 0.1) is 24.0 Å². The van der Waals surface area contributed by atoms with Gasteiger partial charge in [-0.2, -0.15) is 0 Å². The number of nitro groups is 1. The molecule has 7 nitrogen and oxygen atoms in total. The van der Waals surface area contributed by atoms with Gasteiger partial charge >= 0.3 is 0 Å². The fourth-order valence-electron chi connectivity index (χ4n) is 2.79. The lowest BCUT2D eigenvalue weighted by Gasteiger charge is -2.10. The van der Waals surface area contributed by atoms with Gasteiger partial charge in [0.15, 0.2) is 5.69 Å². The zero-order valence-electron chi connectivity index (χ0n) is 14.4. The number of H-pyrrole nitrogens is 1. The van der Waals surface area contributed by atoms with Crippen LogP contribution in [0.3, 0.4) is 0 Å². The summed E-state index contributed by atoms with van der Waals surface area (Å²) in [7, 11) is 0. The van der Waals surface area contributed by atoms with E-state index in [1.807, 2.05) is 26.0 Å². The van der Waals surface area contributed by atoms with Gasteiger partial charge in [-0.1, -0.05) is 30.3 Å². The van der Waals surface area contributed by atoms with Crippen LogP contribution in [0.5, 0.6) is 0 Å². The molecule has 0 amide bonds. The lowest BCUT2D eigenvalue weighted by atomic mass is 10.1. The second-order valence-corrected chi connectivity index (χ2v) is 5.98. The summed E-state index contributed by atoms with van der Waals surface area (Å²) in [4.78, 5) is 30.1. The first kappa shape index (κ1) is 17.3. The molecule has 0 unspecified atom stereocenters. The van der Waals surface area contributed by atoms with Crippen molar-refractivity contribution >= 4 is 11.5 Å². The third-order valence-corrected chi connectivity index (χ3v) is 4.06. The predicted molar refractivity (Wildman–Crippen MR) is 100 cm³/mol. The van der Waals surface area contributed by atoms with Crippen LogP contribution in [-0.4, -0.2) is 14.9 Å². The summed E-state index contributed by atoms with van der Waals surface area (Å²) >= 11 is 0. The normalized spacial score (nSPS) is 10.5. The van der Waals surface area contributed by atoms with E-state index in [4.69, 9.17) is 0 Å². The van der Waals surface area contributed by atoms with Crippen LogP contribution in [0.2, 0.25) is 0 Å². The number of hydrogen-bond acceptors (Lipinski definition) is 5. The number of rotatable bonds is 5. The first-order valence-electron chi connectivity index (χ1n) is 8.10. The maximum absolute atomic E-state index is 12.1. The predicted octanol–water partition coefficient (Wildman–Crippen LogP) is 3.57. The first-order valence-corrected chi connectivity index (χ1v) is 8.10. The minimum absolute atomic E-state index is 0.0638. The van der Waals surface area contributed by atoms with Crippen molar-refractivity contribution in [2.24, 2.45) is 0 Å². The molecule has 0 atom stereocenters. The Hall–Kier alpha value is -3.48. The molecular weight excluding hydrogens is 332 g/mol. The number of aromatic amines is 1. The molecule has 0 saturated carbocycles. The van der Waals surface area contributed by atoms with E-state index in [0.717, 1.165) is 11.3 Å². The summed E-state index contributed by atoms with van der Waals surface area (Å²) in [6, 6.07) is 13.8.